The van der Waals surface area contributed by atoms with Crippen molar-refractivity contribution in [2.45, 2.75) is 13.5 Å². The number of allylic oxidation sites excluding steroid dienone is 1. The maximum absolute atomic E-state index is 11.1. The summed E-state index contributed by atoms with van der Waals surface area (Å²) in [5.74, 6) is -0.992. The van der Waals surface area contributed by atoms with E-state index in [-0.39, 0.29) is 17.7 Å². The van der Waals surface area contributed by atoms with Gasteiger partial charge in [-0.15, -0.1) is 0 Å². The highest BCUT2D eigenvalue weighted by Crippen LogP contribution is 1.92. The molecule has 0 atom stereocenters. The highest BCUT2D eigenvalue weighted by molar-refractivity contribution is 5.85. The van der Waals surface area contributed by atoms with Crippen molar-refractivity contribution in [1.29, 1.82) is 0 Å². The van der Waals surface area contributed by atoms with E-state index in [1.165, 1.54) is 36.0 Å². The Labute approximate surface area is 80.3 Å². The molecular formula is C9H10N2O3. The molecule has 1 aromatic heterocycles. The van der Waals surface area contributed by atoms with Crippen LogP contribution in [-0.2, 0) is 11.3 Å². The molecule has 0 spiro atoms. The van der Waals surface area contributed by atoms with Crippen LogP contribution in [0.25, 0.3) is 0 Å². The molecule has 0 aromatic carbocycles. The van der Waals surface area contributed by atoms with E-state index in [0.717, 1.165) is 0 Å². The van der Waals surface area contributed by atoms with Crippen molar-refractivity contribution < 1.29 is 9.90 Å². The Morgan fingerprint density at radius 2 is 2.43 bits per heavy atom. The molecule has 0 amide bonds. The Balaban J connectivity index is 2.81. The van der Waals surface area contributed by atoms with Gasteiger partial charge in [0.15, 0.2) is 0 Å². The zero-order valence-electron chi connectivity index (χ0n) is 7.67. The fourth-order valence-corrected chi connectivity index (χ4v) is 0.835. The van der Waals surface area contributed by atoms with Gasteiger partial charge < -0.3 is 5.11 Å². The molecule has 1 heterocycles. The summed E-state index contributed by atoms with van der Waals surface area (Å²) in [5.41, 5.74) is -0.0514. The minimum absolute atomic E-state index is 0.178. The van der Waals surface area contributed by atoms with E-state index in [2.05, 4.69) is 5.10 Å². The van der Waals surface area contributed by atoms with Gasteiger partial charge in [0.05, 0.1) is 6.54 Å². The first kappa shape index (κ1) is 10.2. The van der Waals surface area contributed by atoms with Gasteiger partial charge in [-0.05, 0) is 13.0 Å². The van der Waals surface area contributed by atoms with Gasteiger partial charge in [0, 0.05) is 17.8 Å². The molecule has 0 aliphatic carbocycles. The molecule has 5 nitrogen and oxygen atoms in total. The van der Waals surface area contributed by atoms with E-state index < -0.39 is 5.97 Å². The first-order chi connectivity index (χ1) is 6.61. The minimum Gasteiger partial charge on any atom is -0.478 e. The number of carboxylic acid groups (broad SMARTS) is 1. The SMILES string of the molecule is CC(=CCn1ncccc1=O)C(=O)O. The van der Waals surface area contributed by atoms with E-state index in [1.54, 1.807) is 0 Å². The molecule has 14 heavy (non-hydrogen) atoms. The zero-order valence-corrected chi connectivity index (χ0v) is 7.67. The van der Waals surface area contributed by atoms with Gasteiger partial charge in [0.25, 0.3) is 5.56 Å². The van der Waals surface area contributed by atoms with Crippen molar-refractivity contribution in [1.82, 2.24) is 9.78 Å². The lowest BCUT2D eigenvalue weighted by Gasteiger charge is -1.98. The molecule has 5 heteroatoms. The van der Waals surface area contributed by atoms with Crippen molar-refractivity contribution in [3.8, 4) is 0 Å². The van der Waals surface area contributed by atoms with Crippen LogP contribution in [0, 0.1) is 0 Å². The maximum Gasteiger partial charge on any atom is 0.331 e. The minimum atomic E-state index is -0.992. The average molecular weight is 194 g/mol. The third-order valence-corrected chi connectivity index (χ3v) is 1.69. The van der Waals surface area contributed by atoms with Gasteiger partial charge in [-0.3, -0.25) is 4.79 Å². The number of hydrogen-bond acceptors (Lipinski definition) is 3. The van der Waals surface area contributed by atoms with Crippen LogP contribution in [0.1, 0.15) is 6.92 Å². The van der Waals surface area contributed by atoms with Crippen molar-refractivity contribution in [3.05, 3.63) is 40.3 Å². The fraction of sp³-hybridized carbons (Fsp3) is 0.222. The van der Waals surface area contributed by atoms with Crippen molar-refractivity contribution in [2.75, 3.05) is 0 Å². The Morgan fingerprint density at radius 3 is 3.00 bits per heavy atom. The molecule has 1 rings (SSSR count). The van der Waals surface area contributed by atoms with Crippen molar-refractivity contribution in [2.24, 2.45) is 0 Å². The van der Waals surface area contributed by atoms with Crippen LogP contribution in [0.5, 0.6) is 0 Å². The molecule has 0 bridgehead atoms. The van der Waals surface area contributed by atoms with Gasteiger partial charge in [-0.1, -0.05) is 6.08 Å². The predicted molar refractivity (Wildman–Crippen MR) is 49.9 cm³/mol. The Bertz CT molecular complexity index is 420. The maximum atomic E-state index is 11.1. The largest absolute Gasteiger partial charge is 0.478 e. The highest BCUT2D eigenvalue weighted by atomic mass is 16.4. The third-order valence-electron chi connectivity index (χ3n) is 1.69. The second-order valence-corrected chi connectivity index (χ2v) is 2.74. The van der Waals surface area contributed by atoms with Crippen LogP contribution in [0.15, 0.2) is 34.8 Å². The highest BCUT2D eigenvalue weighted by Gasteiger charge is 1.99. The number of carboxylic acids is 1. The van der Waals surface area contributed by atoms with Gasteiger partial charge in [0.2, 0.25) is 0 Å². The second kappa shape index (κ2) is 4.36. The molecule has 0 aliphatic heterocycles. The Morgan fingerprint density at radius 1 is 1.71 bits per heavy atom. The van der Waals surface area contributed by atoms with E-state index in [1.807, 2.05) is 0 Å². The van der Waals surface area contributed by atoms with Crippen LogP contribution >= 0.6 is 0 Å². The van der Waals surface area contributed by atoms with Gasteiger partial charge in [-0.25, -0.2) is 9.48 Å². The van der Waals surface area contributed by atoms with Crippen molar-refractivity contribution >= 4 is 5.97 Å². The lowest BCUT2D eigenvalue weighted by atomic mass is 10.3. The predicted octanol–water partition coefficient (Wildman–Crippen LogP) is 0.274. The molecule has 74 valence electrons. The van der Waals surface area contributed by atoms with E-state index in [0.29, 0.717) is 0 Å². The zero-order chi connectivity index (χ0) is 10.6. The van der Waals surface area contributed by atoms with Gasteiger partial charge in [0.1, 0.15) is 0 Å². The monoisotopic (exact) mass is 194 g/mol. The quantitative estimate of drug-likeness (QED) is 0.701. The van der Waals surface area contributed by atoms with E-state index >= 15 is 0 Å². The molecule has 0 unspecified atom stereocenters. The fourth-order valence-electron chi connectivity index (χ4n) is 0.835. The van der Waals surface area contributed by atoms with Crippen molar-refractivity contribution in [3.63, 3.8) is 0 Å². The van der Waals surface area contributed by atoms with Crippen LogP contribution in [0.3, 0.4) is 0 Å². The molecule has 0 saturated carbocycles. The topological polar surface area (TPSA) is 72.2 Å². The summed E-state index contributed by atoms with van der Waals surface area (Å²) in [6, 6.07) is 2.91. The molecule has 1 N–H and O–H groups in total. The molecule has 0 fully saturated rings. The lowest BCUT2D eigenvalue weighted by Crippen LogP contribution is -2.20. The average Bonchev–Trinajstić information content (AvgIpc) is 2.16. The van der Waals surface area contributed by atoms with E-state index in [9.17, 15) is 9.59 Å². The molecule has 0 saturated heterocycles. The summed E-state index contributed by atoms with van der Waals surface area (Å²) < 4.78 is 1.19. The van der Waals surface area contributed by atoms with Crippen LogP contribution in [0.2, 0.25) is 0 Å². The number of nitrogens with zero attached hydrogens (tertiary/aromatic N) is 2. The summed E-state index contributed by atoms with van der Waals surface area (Å²) >= 11 is 0. The summed E-state index contributed by atoms with van der Waals surface area (Å²) in [6.07, 6.45) is 2.92. The molecular weight excluding hydrogens is 184 g/mol. The lowest BCUT2D eigenvalue weighted by molar-refractivity contribution is -0.132. The molecule has 0 aliphatic rings. The number of aromatic nitrogens is 2. The summed E-state index contributed by atoms with van der Waals surface area (Å²) in [4.78, 5) is 21.6. The number of aliphatic carboxylic acids is 1. The first-order valence-electron chi connectivity index (χ1n) is 4.03. The summed E-state index contributed by atoms with van der Waals surface area (Å²) in [7, 11) is 0. The number of hydrogen-bond donors (Lipinski definition) is 1. The standard InChI is InChI=1S/C9H10N2O3/c1-7(9(13)14)4-6-11-8(12)3-2-5-10-11/h2-5H,6H2,1H3,(H,13,14). The third kappa shape index (κ3) is 2.55. The molecule has 0 radical (unpaired) electrons. The van der Waals surface area contributed by atoms with Crippen LogP contribution in [0.4, 0.5) is 0 Å². The Kier molecular flexibility index (Phi) is 3.17. The smallest absolute Gasteiger partial charge is 0.331 e. The first-order valence-corrected chi connectivity index (χ1v) is 4.03. The summed E-state index contributed by atoms with van der Waals surface area (Å²) in [6.45, 7) is 1.65. The molecule has 1 aromatic rings. The summed E-state index contributed by atoms with van der Waals surface area (Å²) in [5, 5.41) is 12.3. The second-order valence-electron chi connectivity index (χ2n) is 2.74. The number of carbonyl (C=O) groups is 1. The van der Waals surface area contributed by atoms with Crippen LogP contribution in [-0.4, -0.2) is 20.9 Å². The number of rotatable bonds is 3. The van der Waals surface area contributed by atoms with Gasteiger partial charge >= 0.3 is 5.97 Å². The van der Waals surface area contributed by atoms with Gasteiger partial charge in [-0.2, -0.15) is 5.10 Å². The Hall–Kier alpha value is -1.91. The normalized spacial score (nSPS) is 11.4. The van der Waals surface area contributed by atoms with Crippen LogP contribution < -0.4 is 5.56 Å². The van der Waals surface area contributed by atoms with E-state index in [4.69, 9.17) is 5.11 Å².